The molecule has 25 heavy (non-hydrogen) atoms. The van der Waals surface area contributed by atoms with E-state index in [1.54, 1.807) is 19.1 Å². The third kappa shape index (κ3) is 3.72. The lowest BCUT2D eigenvalue weighted by molar-refractivity contribution is 0.0981. The Morgan fingerprint density at radius 2 is 1.88 bits per heavy atom. The molecular weight excluding hydrogens is 349 g/mol. The highest BCUT2D eigenvalue weighted by Crippen LogP contribution is 2.17. The predicted molar refractivity (Wildman–Crippen MR) is 85.5 cm³/mol. The average molecular weight is 361 g/mol. The number of nitrogens with zero attached hydrogens (tertiary/aromatic N) is 2. The molecule has 0 radical (unpaired) electrons. The normalized spacial score (nSPS) is 11.3. The third-order valence-electron chi connectivity index (χ3n) is 3.27. The molecule has 0 bridgehead atoms. The Bertz CT molecular complexity index is 1030. The van der Waals surface area contributed by atoms with Crippen LogP contribution < -0.4 is 4.72 Å². The van der Waals surface area contributed by atoms with Crippen molar-refractivity contribution in [3.05, 3.63) is 65.8 Å². The Hall–Kier alpha value is -3.07. The van der Waals surface area contributed by atoms with Crippen molar-refractivity contribution in [1.82, 2.24) is 14.9 Å². The van der Waals surface area contributed by atoms with Gasteiger partial charge in [0.1, 0.15) is 5.82 Å². The highest BCUT2D eigenvalue weighted by atomic mass is 32.2. The van der Waals surface area contributed by atoms with Crippen LogP contribution in [-0.4, -0.2) is 24.5 Å². The van der Waals surface area contributed by atoms with Gasteiger partial charge in [-0.1, -0.05) is 23.4 Å². The van der Waals surface area contributed by atoms with Gasteiger partial charge in [-0.15, -0.1) is 0 Å². The van der Waals surface area contributed by atoms with Crippen LogP contribution in [0.3, 0.4) is 0 Å². The maximum atomic E-state index is 13.2. The molecule has 3 aromatic rings. The topological polar surface area (TPSA) is 102 Å². The predicted octanol–water partition coefficient (Wildman–Crippen LogP) is 2.30. The Labute approximate surface area is 142 Å². The number of halogens is 1. The average Bonchev–Trinajstić information content (AvgIpc) is 3.01. The number of nitrogens with one attached hydrogen (secondary N) is 1. The molecule has 2 aromatic carbocycles. The van der Waals surface area contributed by atoms with E-state index in [0.717, 1.165) is 12.1 Å². The molecule has 0 aliphatic heterocycles. The Kier molecular flexibility index (Phi) is 4.32. The molecule has 1 heterocycles. The van der Waals surface area contributed by atoms with Gasteiger partial charge in [-0.3, -0.25) is 4.79 Å². The molecule has 1 amide bonds. The van der Waals surface area contributed by atoms with Crippen molar-refractivity contribution in [1.29, 1.82) is 0 Å². The molecule has 0 aliphatic rings. The number of rotatable bonds is 4. The van der Waals surface area contributed by atoms with E-state index in [0.29, 0.717) is 17.3 Å². The van der Waals surface area contributed by atoms with Gasteiger partial charge >= 0.3 is 0 Å². The molecule has 1 aromatic heterocycles. The van der Waals surface area contributed by atoms with Crippen LogP contribution in [0.4, 0.5) is 4.39 Å². The van der Waals surface area contributed by atoms with Crippen molar-refractivity contribution in [2.24, 2.45) is 0 Å². The summed E-state index contributed by atoms with van der Waals surface area (Å²) in [6.45, 7) is 1.65. The quantitative estimate of drug-likeness (QED) is 0.765. The lowest BCUT2D eigenvalue weighted by atomic mass is 10.1. The standard InChI is InChI=1S/C16H12FN3O4S/c1-10-18-15(19-24-10)11-5-7-12(8-6-11)16(21)20-25(22,23)14-4-2-3-13(17)9-14/h2-9H,1H3,(H,20,21). The van der Waals surface area contributed by atoms with Crippen LogP contribution in [0.1, 0.15) is 16.2 Å². The molecule has 0 saturated heterocycles. The Balaban J connectivity index is 1.79. The molecule has 0 unspecified atom stereocenters. The highest BCUT2D eigenvalue weighted by molar-refractivity contribution is 7.90. The van der Waals surface area contributed by atoms with Crippen molar-refractivity contribution in [2.75, 3.05) is 0 Å². The first-order valence-electron chi connectivity index (χ1n) is 7.08. The maximum Gasteiger partial charge on any atom is 0.264 e. The van der Waals surface area contributed by atoms with E-state index in [9.17, 15) is 17.6 Å². The first-order valence-corrected chi connectivity index (χ1v) is 8.57. The summed E-state index contributed by atoms with van der Waals surface area (Å²) in [5.74, 6) is -0.787. The van der Waals surface area contributed by atoms with E-state index < -0.39 is 21.7 Å². The molecule has 3 rings (SSSR count). The summed E-state index contributed by atoms with van der Waals surface area (Å²) < 4.78 is 44.2. The lowest BCUT2D eigenvalue weighted by Gasteiger charge is -2.07. The molecule has 0 fully saturated rings. The van der Waals surface area contributed by atoms with Crippen LogP contribution in [0.25, 0.3) is 11.4 Å². The fraction of sp³-hybridized carbons (Fsp3) is 0.0625. The molecule has 9 heteroatoms. The number of sulfonamides is 1. The van der Waals surface area contributed by atoms with Crippen LogP contribution in [0, 0.1) is 12.7 Å². The number of hydrogen-bond acceptors (Lipinski definition) is 6. The van der Waals surface area contributed by atoms with E-state index in [2.05, 4.69) is 10.1 Å². The third-order valence-corrected chi connectivity index (χ3v) is 4.59. The van der Waals surface area contributed by atoms with E-state index >= 15 is 0 Å². The van der Waals surface area contributed by atoms with Crippen LogP contribution in [-0.2, 0) is 10.0 Å². The zero-order chi connectivity index (χ0) is 18.0. The largest absolute Gasteiger partial charge is 0.339 e. The fourth-order valence-corrected chi connectivity index (χ4v) is 3.07. The number of benzene rings is 2. The number of aryl methyl sites for hydroxylation is 1. The van der Waals surface area contributed by atoms with Gasteiger partial charge in [-0.2, -0.15) is 4.98 Å². The van der Waals surface area contributed by atoms with Gasteiger partial charge in [0.05, 0.1) is 4.90 Å². The smallest absolute Gasteiger partial charge is 0.264 e. The summed E-state index contributed by atoms with van der Waals surface area (Å²) in [5.41, 5.74) is 0.727. The highest BCUT2D eigenvalue weighted by Gasteiger charge is 2.19. The van der Waals surface area contributed by atoms with E-state index in [4.69, 9.17) is 4.52 Å². The van der Waals surface area contributed by atoms with E-state index in [-0.39, 0.29) is 10.5 Å². The van der Waals surface area contributed by atoms with Crippen LogP contribution in [0.2, 0.25) is 0 Å². The Morgan fingerprint density at radius 3 is 2.48 bits per heavy atom. The minimum Gasteiger partial charge on any atom is -0.339 e. The lowest BCUT2D eigenvalue weighted by Crippen LogP contribution is -2.30. The monoisotopic (exact) mass is 361 g/mol. The van der Waals surface area contributed by atoms with Gasteiger partial charge < -0.3 is 4.52 Å². The first kappa shape index (κ1) is 16.8. The second-order valence-corrected chi connectivity index (χ2v) is 6.79. The summed E-state index contributed by atoms with van der Waals surface area (Å²) in [4.78, 5) is 15.9. The summed E-state index contributed by atoms with van der Waals surface area (Å²) in [6, 6.07) is 10.4. The SMILES string of the molecule is Cc1nc(-c2ccc(C(=O)NS(=O)(=O)c3cccc(F)c3)cc2)no1. The van der Waals surface area contributed by atoms with Gasteiger partial charge in [0, 0.05) is 18.1 Å². The van der Waals surface area contributed by atoms with Crippen LogP contribution in [0.5, 0.6) is 0 Å². The molecule has 1 N–H and O–H groups in total. The van der Waals surface area contributed by atoms with Gasteiger partial charge in [0.25, 0.3) is 15.9 Å². The van der Waals surface area contributed by atoms with E-state index in [1.807, 2.05) is 4.72 Å². The summed E-state index contributed by atoms with van der Waals surface area (Å²) in [6.07, 6.45) is 0. The zero-order valence-corrected chi connectivity index (χ0v) is 13.7. The van der Waals surface area contributed by atoms with Crippen LogP contribution in [0.15, 0.2) is 57.9 Å². The summed E-state index contributed by atoms with van der Waals surface area (Å²) >= 11 is 0. The maximum absolute atomic E-state index is 13.2. The van der Waals surface area contributed by atoms with Crippen molar-refractivity contribution in [3.8, 4) is 11.4 Å². The fourth-order valence-electron chi connectivity index (χ4n) is 2.06. The van der Waals surface area contributed by atoms with E-state index in [1.165, 1.54) is 24.3 Å². The van der Waals surface area contributed by atoms with Crippen molar-refractivity contribution in [2.45, 2.75) is 11.8 Å². The molecule has 0 atom stereocenters. The minimum atomic E-state index is -4.17. The van der Waals surface area contributed by atoms with Gasteiger partial charge in [-0.25, -0.2) is 17.5 Å². The first-order chi connectivity index (χ1) is 11.8. The van der Waals surface area contributed by atoms with Gasteiger partial charge in [0.2, 0.25) is 11.7 Å². The zero-order valence-electron chi connectivity index (χ0n) is 12.9. The number of aromatic nitrogens is 2. The Morgan fingerprint density at radius 1 is 1.16 bits per heavy atom. The van der Waals surface area contributed by atoms with Gasteiger partial charge in [-0.05, 0) is 30.3 Å². The minimum absolute atomic E-state index is 0.115. The number of carbonyl (C=O) groups is 1. The number of amides is 1. The number of carbonyl (C=O) groups excluding carboxylic acids is 1. The molecule has 128 valence electrons. The summed E-state index contributed by atoms with van der Waals surface area (Å²) in [5, 5.41) is 3.75. The number of hydrogen-bond donors (Lipinski definition) is 1. The molecular formula is C16H12FN3O4S. The molecule has 0 aliphatic carbocycles. The van der Waals surface area contributed by atoms with Crippen LogP contribution >= 0.6 is 0 Å². The van der Waals surface area contributed by atoms with Crippen molar-refractivity contribution in [3.63, 3.8) is 0 Å². The summed E-state index contributed by atoms with van der Waals surface area (Å²) in [7, 11) is -4.17. The van der Waals surface area contributed by atoms with Crippen molar-refractivity contribution >= 4 is 15.9 Å². The second kappa shape index (κ2) is 6.44. The van der Waals surface area contributed by atoms with Gasteiger partial charge in [0.15, 0.2) is 0 Å². The molecule has 7 nitrogen and oxygen atoms in total. The molecule has 0 saturated carbocycles. The van der Waals surface area contributed by atoms with Crippen molar-refractivity contribution < 1.29 is 22.1 Å². The molecule has 0 spiro atoms. The second-order valence-electron chi connectivity index (χ2n) is 5.11.